The Morgan fingerprint density at radius 3 is 2.58 bits per heavy atom. The van der Waals surface area contributed by atoms with E-state index in [1.807, 2.05) is 0 Å². The predicted molar refractivity (Wildman–Crippen MR) is 73.7 cm³/mol. The van der Waals surface area contributed by atoms with Crippen LogP contribution < -0.4 is 5.32 Å². The lowest BCUT2D eigenvalue weighted by atomic mass is 10.1. The Hall–Kier alpha value is -2.91. The average molecular weight is 345 g/mol. The number of nitrogens with zero attached hydrogens (tertiary/aromatic N) is 1. The van der Waals surface area contributed by atoms with E-state index in [0.717, 1.165) is 0 Å². The molecule has 24 heavy (non-hydrogen) atoms. The molecule has 2 rings (SSSR count). The summed E-state index contributed by atoms with van der Waals surface area (Å²) in [5.74, 6) is -2.74. The van der Waals surface area contributed by atoms with Crippen LogP contribution in [0.15, 0.2) is 24.3 Å². The average Bonchev–Trinajstić information content (AvgIpc) is 2.92. The minimum atomic E-state index is -4.78. The van der Waals surface area contributed by atoms with Gasteiger partial charge in [0.05, 0.1) is 19.1 Å². The predicted octanol–water partition coefficient (Wildman–Crippen LogP) is 2.54. The number of carbonyl (C=O) groups excluding carboxylic acids is 2. The maximum absolute atomic E-state index is 13.3. The van der Waals surface area contributed by atoms with Crippen molar-refractivity contribution >= 4 is 17.7 Å². The van der Waals surface area contributed by atoms with E-state index >= 15 is 0 Å². The lowest BCUT2D eigenvalue weighted by Crippen LogP contribution is -2.15. The number of nitrogens with one attached hydrogen (secondary N) is 2. The van der Waals surface area contributed by atoms with Gasteiger partial charge >= 0.3 is 12.1 Å². The van der Waals surface area contributed by atoms with Crippen LogP contribution in [-0.4, -0.2) is 29.2 Å². The normalized spacial score (nSPS) is 11.2. The van der Waals surface area contributed by atoms with Crippen molar-refractivity contribution in [1.82, 2.24) is 10.2 Å². The number of methoxy groups -OCH3 is 1. The molecular weight excluding hydrogens is 334 g/mol. The van der Waals surface area contributed by atoms with Gasteiger partial charge in [-0.2, -0.15) is 18.3 Å². The van der Waals surface area contributed by atoms with Crippen LogP contribution in [0, 0.1) is 5.82 Å². The van der Waals surface area contributed by atoms with Gasteiger partial charge in [0, 0.05) is 17.3 Å². The zero-order chi connectivity index (χ0) is 17.9. The standard InChI is InChI=1S/C14H11F4N3O3/c1-24-12(22)6-10-5-11(21-20-10)19-13(23)7-2-8(14(16,17)18)4-9(15)3-7/h2-5H,6H2,1H3,(H2,19,20,21,23). The summed E-state index contributed by atoms with van der Waals surface area (Å²) in [6.07, 6.45) is -4.91. The lowest BCUT2D eigenvalue weighted by molar-refractivity contribution is -0.140. The molecule has 1 aromatic carbocycles. The minimum absolute atomic E-state index is 0.0308. The SMILES string of the molecule is COC(=O)Cc1cc(NC(=O)c2cc(F)cc(C(F)(F)F)c2)n[nH]1. The number of ether oxygens (including phenoxy) is 1. The summed E-state index contributed by atoms with van der Waals surface area (Å²) in [5.41, 5.74) is -1.46. The van der Waals surface area contributed by atoms with Gasteiger partial charge < -0.3 is 10.1 Å². The molecule has 0 fully saturated rings. The van der Waals surface area contributed by atoms with E-state index in [9.17, 15) is 27.2 Å². The maximum Gasteiger partial charge on any atom is 0.416 e. The van der Waals surface area contributed by atoms with Crippen LogP contribution in [0.3, 0.4) is 0 Å². The third-order valence-corrected chi connectivity index (χ3v) is 2.92. The first-order valence-corrected chi connectivity index (χ1v) is 6.49. The van der Waals surface area contributed by atoms with Crippen molar-refractivity contribution in [2.75, 3.05) is 12.4 Å². The van der Waals surface area contributed by atoms with Crippen LogP contribution in [-0.2, 0) is 22.1 Å². The van der Waals surface area contributed by atoms with Crippen molar-refractivity contribution in [3.63, 3.8) is 0 Å². The Morgan fingerprint density at radius 2 is 1.96 bits per heavy atom. The van der Waals surface area contributed by atoms with Crippen molar-refractivity contribution in [3.05, 3.63) is 46.9 Å². The number of esters is 1. The topological polar surface area (TPSA) is 84.1 Å². The number of halogens is 4. The maximum atomic E-state index is 13.3. The molecule has 0 spiro atoms. The molecule has 0 radical (unpaired) electrons. The molecule has 0 unspecified atom stereocenters. The number of aromatic nitrogens is 2. The minimum Gasteiger partial charge on any atom is -0.469 e. The molecule has 0 aliphatic carbocycles. The molecular formula is C14H11F4N3O3. The van der Waals surface area contributed by atoms with Crippen LogP contribution >= 0.6 is 0 Å². The molecule has 0 aliphatic heterocycles. The molecule has 10 heteroatoms. The van der Waals surface area contributed by atoms with Gasteiger partial charge in [0.1, 0.15) is 5.82 Å². The summed E-state index contributed by atoms with van der Waals surface area (Å²) in [6.45, 7) is 0. The molecule has 0 saturated carbocycles. The molecule has 0 aliphatic rings. The summed E-state index contributed by atoms with van der Waals surface area (Å²) >= 11 is 0. The van der Waals surface area contributed by atoms with Gasteiger partial charge in [-0.05, 0) is 18.2 Å². The molecule has 128 valence electrons. The Kier molecular flexibility index (Phi) is 4.86. The van der Waals surface area contributed by atoms with Gasteiger partial charge in [-0.3, -0.25) is 14.7 Å². The highest BCUT2D eigenvalue weighted by Crippen LogP contribution is 2.30. The summed E-state index contributed by atoms with van der Waals surface area (Å²) < 4.78 is 55.7. The van der Waals surface area contributed by atoms with E-state index in [2.05, 4.69) is 20.3 Å². The summed E-state index contributed by atoms with van der Waals surface area (Å²) in [4.78, 5) is 23.0. The quantitative estimate of drug-likeness (QED) is 0.659. The molecule has 1 amide bonds. The third-order valence-electron chi connectivity index (χ3n) is 2.92. The van der Waals surface area contributed by atoms with Crippen LogP contribution in [0.4, 0.5) is 23.4 Å². The number of amides is 1. The van der Waals surface area contributed by atoms with Crippen molar-refractivity contribution in [1.29, 1.82) is 0 Å². The van der Waals surface area contributed by atoms with Gasteiger partial charge in [-0.15, -0.1) is 0 Å². The Labute approximate surface area is 132 Å². The monoisotopic (exact) mass is 345 g/mol. The number of rotatable bonds is 4. The molecule has 1 aromatic heterocycles. The number of anilines is 1. The van der Waals surface area contributed by atoms with Crippen LogP contribution in [0.25, 0.3) is 0 Å². The molecule has 0 saturated heterocycles. The third kappa shape index (κ3) is 4.31. The summed E-state index contributed by atoms with van der Waals surface area (Å²) in [6, 6.07) is 2.80. The van der Waals surface area contributed by atoms with E-state index in [1.165, 1.54) is 13.2 Å². The van der Waals surface area contributed by atoms with E-state index in [4.69, 9.17) is 0 Å². The van der Waals surface area contributed by atoms with Crippen LogP contribution in [0.2, 0.25) is 0 Å². The Morgan fingerprint density at radius 1 is 1.25 bits per heavy atom. The van der Waals surface area contributed by atoms with Crippen molar-refractivity contribution in [2.45, 2.75) is 12.6 Å². The summed E-state index contributed by atoms with van der Waals surface area (Å²) in [5, 5.41) is 8.35. The highest BCUT2D eigenvalue weighted by molar-refractivity contribution is 6.03. The lowest BCUT2D eigenvalue weighted by Gasteiger charge is -2.09. The first-order chi connectivity index (χ1) is 11.2. The molecule has 0 bridgehead atoms. The zero-order valence-electron chi connectivity index (χ0n) is 12.2. The number of alkyl halides is 3. The van der Waals surface area contributed by atoms with Gasteiger partial charge in [0.15, 0.2) is 5.82 Å². The van der Waals surface area contributed by atoms with Gasteiger partial charge in [-0.1, -0.05) is 0 Å². The van der Waals surface area contributed by atoms with E-state index < -0.39 is 35.0 Å². The van der Waals surface area contributed by atoms with Crippen LogP contribution in [0.5, 0.6) is 0 Å². The molecule has 2 N–H and O–H groups in total. The van der Waals surface area contributed by atoms with Crippen molar-refractivity contribution in [3.8, 4) is 0 Å². The number of aromatic amines is 1. The number of H-pyrrole nitrogens is 1. The second-order valence-electron chi connectivity index (χ2n) is 4.71. The fourth-order valence-corrected chi connectivity index (χ4v) is 1.82. The number of carbonyl (C=O) groups is 2. The van der Waals surface area contributed by atoms with E-state index in [-0.39, 0.29) is 12.2 Å². The van der Waals surface area contributed by atoms with E-state index in [1.54, 1.807) is 0 Å². The van der Waals surface area contributed by atoms with Gasteiger partial charge in [-0.25, -0.2) is 4.39 Å². The highest BCUT2D eigenvalue weighted by Gasteiger charge is 2.32. The first kappa shape index (κ1) is 17.4. The second kappa shape index (κ2) is 6.69. The van der Waals surface area contributed by atoms with Crippen molar-refractivity contribution < 1.29 is 31.9 Å². The van der Waals surface area contributed by atoms with Gasteiger partial charge in [0.2, 0.25) is 0 Å². The molecule has 6 nitrogen and oxygen atoms in total. The fourth-order valence-electron chi connectivity index (χ4n) is 1.82. The largest absolute Gasteiger partial charge is 0.469 e. The fraction of sp³-hybridized carbons (Fsp3) is 0.214. The molecule has 0 atom stereocenters. The van der Waals surface area contributed by atoms with E-state index in [0.29, 0.717) is 23.9 Å². The first-order valence-electron chi connectivity index (χ1n) is 6.49. The van der Waals surface area contributed by atoms with Crippen LogP contribution in [0.1, 0.15) is 21.6 Å². The smallest absolute Gasteiger partial charge is 0.416 e. The summed E-state index contributed by atoms with van der Waals surface area (Å²) in [7, 11) is 1.20. The molecule has 2 aromatic rings. The van der Waals surface area contributed by atoms with Crippen molar-refractivity contribution in [2.24, 2.45) is 0 Å². The number of benzene rings is 1. The number of hydrogen-bond donors (Lipinski definition) is 2. The molecule has 1 heterocycles. The second-order valence-corrected chi connectivity index (χ2v) is 4.71. The zero-order valence-corrected chi connectivity index (χ0v) is 12.2. The Bertz CT molecular complexity index is 771. The van der Waals surface area contributed by atoms with Gasteiger partial charge in [0.25, 0.3) is 5.91 Å². The Balaban J connectivity index is 2.15. The highest BCUT2D eigenvalue weighted by atomic mass is 19.4. The number of hydrogen-bond acceptors (Lipinski definition) is 4.